The van der Waals surface area contributed by atoms with Crippen molar-refractivity contribution in [2.24, 2.45) is 0 Å². The maximum atomic E-state index is 13.3. The van der Waals surface area contributed by atoms with E-state index in [1.807, 2.05) is 54.7 Å². The van der Waals surface area contributed by atoms with Crippen molar-refractivity contribution in [3.05, 3.63) is 125 Å². The van der Waals surface area contributed by atoms with Gasteiger partial charge in [-0.1, -0.05) is 67.6 Å². The number of aromatic nitrogens is 2. The van der Waals surface area contributed by atoms with Gasteiger partial charge in [-0.25, -0.2) is 0 Å². The van der Waals surface area contributed by atoms with Gasteiger partial charge in [-0.15, -0.1) is 0 Å². The zero-order valence-corrected chi connectivity index (χ0v) is 25.0. The topological polar surface area (TPSA) is 62.2 Å². The molecule has 1 aliphatic rings. The van der Waals surface area contributed by atoms with E-state index in [-0.39, 0.29) is 18.0 Å². The van der Waals surface area contributed by atoms with Crippen LogP contribution in [0.1, 0.15) is 53.6 Å². The third-order valence-electron chi connectivity index (χ3n) is 8.24. The number of benzene rings is 3. The molecular weight excluding hydrogens is 538 g/mol. The van der Waals surface area contributed by atoms with Crippen LogP contribution in [-0.4, -0.2) is 32.0 Å². The van der Waals surface area contributed by atoms with E-state index < -0.39 is 0 Å². The van der Waals surface area contributed by atoms with Gasteiger partial charge in [0.05, 0.1) is 17.8 Å². The summed E-state index contributed by atoms with van der Waals surface area (Å²) in [6.07, 6.45) is 3.07. The predicted octanol–water partition coefficient (Wildman–Crippen LogP) is 7.21. The number of amides is 1. The van der Waals surface area contributed by atoms with Crippen LogP contribution in [0.25, 0.3) is 16.5 Å². The fourth-order valence-corrected chi connectivity index (χ4v) is 6.57. The lowest BCUT2D eigenvalue weighted by molar-refractivity contribution is -0.116. The minimum atomic E-state index is -0.143. The summed E-state index contributed by atoms with van der Waals surface area (Å²) < 4.78 is 2.34. The first-order valence-corrected chi connectivity index (χ1v) is 14.9. The van der Waals surface area contributed by atoms with Crippen molar-refractivity contribution in [3.63, 3.8) is 0 Å². The Hall–Kier alpha value is -4.49. The predicted molar refractivity (Wildman–Crippen MR) is 174 cm³/mol. The Morgan fingerprint density at radius 1 is 0.976 bits per heavy atom. The maximum absolute atomic E-state index is 13.3. The SMILES string of the molecule is CCc1ccccc1-n1c(C)cc([C@@H]2[C@H](c3ccccn3)NC(=S)N2CCC(=O)Nc2cccc3ccccc23)c1C. The Kier molecular flexibility index (Phi) is 7.76. The molecule has 0 radical (unpaired) electrons. The summed E-state index contributed by atoms with van der Waals surface area (Å²) in [7, 11) is 0. The quantitative estimate of drug-likeness (QED) is 0.192. The molecule has 1 saturated heterocycles. The maximum Gasteiger partial charge on any atom is 0.226 e. The molecule has 3 aromatic carbocycles. The molecule has 1 fully saturated rings. The highest BCUT2D eigenvalue weighted by molar-refractivity contribution is 7.80. The van der Waals surface area contributed by atoms with Crippen molar-refractivity contribution >= 4 is 39.7 Å². The molecule has 0 aliphatic carbocycles. The Labute approximate surface area is 252 Å². The molecular formula is C35H35N5OS. The summed E-state index contributed by atoms with van der Waals surface area (Å²) in [5, 5.41) is 9.43. The van der Waals surface area contributed by atoms with Gasteiger partial charge in [-0.3, -0.25) is 9.78 Å². The van der Waals surface area contributed by atoms with Crippen LogP contribution in [0.4, 0.5) is 5.69 Å². The summed E-state index contributed by atoms with van der Waals surface area (Å²) in [6, 6.07) is 30.6. The number of para-hydroxylation sites is 1. The number of rotatable bonds is 8. The van der Waals surface area contributed by atoms with Gasteiger partial charge in [0.25, 0.3) is 0 Å². The number of hydrogen-bond acceptors (Lipinski definition) is 3. The molecule has 2 atom stereocenters. The van der Waals surface area contributed by atoms with Crippen molar-refractivity contribution in [1.82, 2.24) is 19.8 Å². The number of fused-ring (bicyclic) bond motifs is 1. The number of nitrogens with one attached hydrogen (secondary N) is 2. The minimum Gasteiger partial charge on any atom is -0.352 e. The molecule has 1 aliphatic heterocycles. The Morgan fingerprint density at radius 2 is 1.74 bits per heavy atom. The van der Waals surface area contributed by atoms with Crippen molar-refractivity contribution < 1.29 is 4.79 Å². The Balaban J connectivity index is 1.32. The average molecular weight is 574 g/mol. The van der Waals surface area contributed by atoms with Crippen LogP contribution >= 0.6 is 12.2 Å². The number of thiocarbonyl (C=S) groups is 1. The first-order valence-electron chi connectivity index (χ1n) is 14.5. The number of aryl methyl sites for hydroxylation is 2. The third-order valence-corrected chi connectivity index (χ3v) is 8.60. The molecule has 212 valence electrons. The standard InChI is InChI=1S/C35H35N5OS/c1-4-25-12-6-8-18-31(25)40-23(2)22-28(24(40)3)34-33(30-16-9-10-20-36-30)38-35(42)39(34)21-19-32(41)37-29-17-11-14-26-13-5-7-15-27(26)29/h5-18,20,22,33-34H,4,19,21H2,1-3H3,(H,37,41)(H,38,42)/t33-,34+/m0/s1. The molecule has 0 unspecified atom stereocenters. The monoisotopic (exact) mass is 573 g/mol. The summed E-state index contributed by atoms with van der Waals surface area (Å²) in [5.74, 6) is -0.0449. The zero-order valence-electron chi connectivity index (χ0n) is 24.2. The first-order chi connectivity index (χ1) is 20.5. The van der Waals surface area contributed by atoms with Gasteiger partial charge in [-0.2, -0.15) is 0 Å². The molecule has 1 amide bonds. The van der Waals surface area contributed by atoms with Crippen LogP contribution in [0.5, 0.6) is 0 Å². The smallest absolute Gasteiger partial charge is 0.226 e. The summed E-state index contributed by atoms with van der Waals surface area (Å²) >= 11 is 5.90. The largest absolute Gasteiger partial charge is 0.352 e. The summed E-state index contributed by atoms with van der Waals surface area (Å²) in [5.41, 5.74) is 7.74. The number of hydrogen-bond donors (Lipinski definition) is 2. The van der Waals surface area contributed by atoms with Crippen molar-refractivity contribution in [2.45, 2.75) is 45.7 Å². The molecule has 2 aromatic heterocycles. The van der Waals surface area contributed by atoms with Crippen LogP contribution in [0, 0.1) is 13.8 Å². The van der Waals surface area contributed by atoms with Crippen LogP contribution in [0.2, 0.25) is 0 Å². The molecule has 6 rings (SSSR count). The highest BCUT2D eigenvalue weighted by atomic mass is 32.1. The summed E-state index contributed by atoms with van der Waals surface area (Å²) in [4.78, 5) is 20.1. The number of carbonyl (C=O) groups is 1. The molecule has 3 heterocycles. The molecule has 2 N–H and O–H groups in total. The van der Waals surface area contributed by atoms with E-state index in [1.54, 1.807) is 0 Å². The van der Waals surface area contributed by atoms with E-state index in [1.165, 1.54) is 16.8 Å². The number of carbonyl (C=O) groups excluding carboxylic acids is 1. The summed E-state index contributed by atoms with van der Waals surface area (Å²) in [6.45, 7) is 7.00. The minimum absolute atomic E-state index is 0.0449. The Morgan fingerprint density at radius 3 is 2.55 bits per heavy atom. The lowest BCUT2D eigenvalue weighted by atomic mass is 9.96. The average Bonchev–Trinajstić information content (AvgIpc) is 3.50. The van der Waals surface area contributed by atoms with E-state index in [0.717, 1.165) is 40.0 Å². The van der Waals surface area contributed by atoms with Gasteiger partial charge in [0.2, 0.25) is 5.91 Å². The molecule has 7 heteroatoms. The normalized spacial score (nSPS) is 16.5. The lowest BCUT2D eigenvalue weighted by Crippen LogP contribution is -2.33. The zero-order chi connectivity index (χ0) is 29.2. The highest BCUT2D eigenvalue weighted by Gasteiger charge is 2.41. The van der Waals surface area contributed by atoms with Gasteiger partial charge >= 0.3 is 0 Å². The molecule has 6 nitrogen and oxygen atoms in total. The van der Waals surface area contributed by atoms with Gasteiger partial charge in [0.1, 0.15) is 0 Å². The van der Waals surface area contributed by atoms with E-state index >= 15 is 0 Å². The van der Waals surface area contributed by atoms with Crippen LogP contribution in [0.15, 0.2) is 97.2 Å². The third kappa shape index (κ3) is 5.16. The first kappa shape index (κ1) is 27.7. The number of pyridine rings is 1. The van der Waals surface area contributed by atoms with Crippen LogP contribution in [0.3, 0.4) is 0 Å². The van der Waals surface area contributed by atoms with Gasteiger partial charge in [0, 0.05) is 47.3 Å². The lowest BCUT2D eigenvalue weighted by Gasteiger charge is -2.28. The second kappa shape index (κ2) is 11.8. The fraction of sp³-hybridized carbons (Fsp3) is 0.229. The van der Waals surface area contributed by atoms with Crippen LogP contribution in [-0.2, 0) is 11.2 Å². The molecule has 0 saturated carbocycles. The van der Waals surface area contributed by atoms with E-state index in [9.17, 15) is 4.79 Å². The van der Waals surface area contributed by atoms with Crippen LogP contribution < -0.4 is 10.6 Å². The van der Waals surface area contributed by atoms with Crippen molar-refractivity contribution in [3.8, 4) is 5.69 Å². The van der Waals surface area contributed by atoms with Gasteiger partial charge < -0.3 is 20.1 Å². The number of anilines is 1. The molecule has 0 spiro atoms. The van der Waals surface area contributed by atoms with Gasteiger partial charge in [-0.05, 0) is 79.3 Å². The Bertz CT molecular complexity index is 1760. The fourth-order valence-electron chi connectivity index (χ4n) is 6.24. The molecule has 42 heavy (non-hydrogen) atoms. The van der Waals surface area contributed by atoms with E-state index in [2.05, 4.69) is 83.3 Å². The molecule has 5 aromatic rings. The van der Waals surface area contributed by atoms with Crippen molar-refractivity contribution in [1.29, 1.82) is 0 Å². The van der Waals surface area contributed by atoms with E-state index in [4.69, 9.17) is 17.2 Å². The number of nitrogens with zero attached hydrogens (tertiary/aromatic N) is 3. The molecule has 0 bridgehead atoms. The second-order valence-electron chi connectivity index (χ2n) is 10.8. The highest BCUT2D eigenvalue weighted by Crippen LogP contribution is 2.41. The van der Waals surface area contributed by atoms with E-state index in [0.29, 0.717) is 18.1 Å². The second-order valence-corrected chi connectivity index (χ2v) is 11.2. The van der Waals surface area contributed by atoms with Crippen molar-refractivity contribution in [2.75, 3.05) is 11.9 Å². The van der Waals surface area contributed by atoms with Gasteiger partial charge in [0.15, 0.2) is 5.11 Å².